The first-order chi connectivity index (χ1) is 12.1. The third kappa shape index (κ3) is 12.3. The van der Waals surface area contributed by atoms with Crippen LogP contribution in [-0.2, 0) is 16.0 Å². The molecule has 1 aromatic rings. The van der Waals surface area contributed by atoms with E-state index in [1.54, 1.807) is 6.92 Å². The number of rotatable bonds is 9. The summed E-state index contributed by atoms with van der Waals surface area (Å²) in [6, 6.07) is 14.3. The van der Waals surface area contributed by atoms with Crippen LogP contribution in [0.1, 0.15) is 31.7 Å². The smallest absolute Gasteiger partial charge is 0.306 e. The fourth-order valence-corrected chi connectivity index (χ4v) is 2.46. The predicted molar refractivity (Wildman–Crippen MR) is 100 cm³/mol. The van der Waals surface area contributed by atoms with Gasteiger partial charge in [0.25, 0.3) is 0 Å². The fraction of sp³-hybridized carbons (Fsp3) is 0.526. The molecule has 6 heteroatoms. The normalized spacial score (nSPS) is 11.9. The standard InChI is InChI=1S/C11H12ClN.C8H12ClNO2/c12-9-11(6-7-13)8-10-4-2-1-3-5-10;1-2-12-8(11)5-7(6-9)3-4-10/h1-5,11H,6,8-9H2;7H,2-3,5-6H2,1H3. The quantitative estimate of drug-likeness (QED) is 0.457. The Balaban J connectivity index is 0.000000463. The zero-order chi connectivity index (χ0) is 18.9. The number of carbonyl (C=O) groups excluding carboxylic acids is 1. The molecular formula is C19H24Cl2N2O2. The highest BCUT2D eigenvalue weighted by Gasteiger charge is 2.12. The number of ether oxygens (including phenoxy) is 1. The number of carbonyl (C=O) groups is 1. The van der Waals surface area contributed by atoms with Crippen molar-refractivity contribution >= 4 is 29.2 Å². The second-order valence-electron chi connectivity index (χ2n) is 5.46. The van der Waals surface area contributed by atoms with Crippen LogP contribution >= 0.6 is 23.2 Å². The Kier molecular flexibility index (Phi) is 14.7. The molecule has 0 spiro atoms. The van der Waals surface area contributed by atoms with E-state index in [0.29, 0.717) is 31.2 Å². The monoisotopic (exact) mass is 382 g/mol. The Morgan fingerprint density at radius 1 is 1.08 bits per heavy atom. The lowest BCUT2D eigenvalue weighted by Gasteiger charge is -2.08. The van der Waals surface area contributed by atoms with Crippen molar-refractivity contribution in [1.29, 1.82) is 10.5 Å². The molecule has 2 unspecified atom stereocenters. The van der Waals surface area contributed by atoms with Crippen LogP contribution in [0.3, 0.4) is 0 Å². The first-order valence-electron chi connectivity index (χ1n) is 8.16. The van der Waals surface area contributed by atoms with E-state index in [0.717, 1.165) is 6.42 Å². The van der Waals surface area contributed by atoms with Crippen molar-refractivity contribution in [2.24, 2.45) is 11.8 Å². The highest BCUT2D eigenvalue weighted by atomic mass is 35.5. The van der Waals surface area contributed by atoms with Crippen molar-refractivity contribution in [2.75, 3.05) is 18.4 Å². The molecule has 0 bridgehead atoms. The first kappa shape index (κ1) is 23.2. The molecular weight excluding hydrogens is 359 g/mol. The van der Waals surface area contributed by atoms with Crippen molar-refractivity contribution in [3.8, 4) is 12.1 Å². The molecule has 0 aliphatic carbocycles. The van der Waals surface area contributed by atoms with Gasteiger partial charge in [0.1, 0.15) is 0 Å². The van der Waals surface area contributed by atoms with Gasteiger partial charge in [-0.2, -0.15) is 10.5 Å². The minimum Gasteiger partial charge on any atom is -0.466 e. The molecule has 0 N–H and O–H groups in total. The molecule has 0 radical (unpaired) electrons. The fourth-order valence-electron chi connectivity index (χ4n) is 2.02. The third-order valence-electron chi connectivity index (χ3n) is 3.32. The number of alkyl halides is 2. The Bertz CT molecular complexity index is 553. The van der Waals surface area contributed by atoms with Crippen LogP contribution in [0.4, 0.5) is 0 Å². The van der Waals surface area contributed by atoms with Gasteiger partial charge in [-0.05, 0) is 30.7 Å². The number of benzene rings is 1. The van der Waals surface area contributed by atoms with E-state index in [4.69, 9.17) is 38.5 Å². The summed E-state index contributed by atoms with van der Waals surface area (Å²) in [4.78, 5) is 10.9. The van der Waals surface area contributed by atoms with Crippen molar-refractivity contribution < 1.29 is 9.53 Å². The highest BCUT2D eigenvalue weighted by molar-refractivity contribution is 6.18. The van der Waals surface area contributed by atoms with Gasteiger partial charge in [-0.25, -0.2) is 0 Å². The summed E-state index contributed by atoms with van der Waals surface area (Å²) in [7, 11) is 0. The summed E-state index contributed by atoms with van der Waals surface area (Å²) >= 11 is 11.3. The summed E-state index contributed by atoms with van der Waals surface area (Å²) in [5, 5.41) is 16.9. The van der Waals surface area contributed by atoms with Crippen LogP contribution in [0.2, 0.25) is 0 Å². The van der Waals surface area contributed by atoms with Gasteiger partial charge in [0.2, 0.25) is 0 Å². The van der Waals surface area contributed by atoms with Gasteiger partial charge in [-0.15, -0.1) is 23.2 Å². The SMILES string of the molecule is CCOC(=O)CC(CCl)CC#N.N#CCC(CCl)Cc1ccccc1. The van der Waals surface area contributed by atoms with E-state index in [-0.39, 0.29) is 24.2 Å². The Hall–Kier alpha value is -1.75. The molecule has 136 valence electrons. The van der Waals surface area contributed by atoms with E-state index in [9.17, 15) is 4.79 Å². The third-order valence-corrected chi connectivity index (χ3v) is 4.20. The maximum Gasteiger partial charge on any atom is 0.306 e. The van der Waals surface area contributed by atoms with Crippen molar-refractivity contribution in [2.45, 2.75) is 32.6 Å². The average Bonchev–Trinajstić information content (AvgIpc) is 2.62. The van der Waals surface area contributed by atoms with E-state index < -0.39 is 0 Å². The molecule has 0 aromatic heterocycles. The summed E-state index contributed by atoms with van der Waals surface area (Å²) < 4.78 is 4.71. The molecule has 0 saturated heterocycles. The van der Waals surface area contributed by atoms with Crippen LogP contribution in [0, 0.1) is 34.5 Å². The number of hydrogen-bond donors (Lipinski definition) is 0. The summed E-state index contributed by atoms with van der Waals surface area (Å²) in [5.41, 5.74) is 1.25. The van der Waals surface area contributed by atoms with Gasteiger partial charge < -0.3 is 4.74 Å². The molecule has 25 heavy (non-hydrogen) atoms. The number of hydrogen-bond acceptors (Lipinski definition) is 4. The molecule has 0 fully saturated rings. The highest BCUT2D eigenvalue weighted by Crippen LogP contribution is 2.13. The minimum atomic E-state index is -0.279. The largest absolute Gasteiger partial charge is 0.466 e. The Morgan fingerprint density at radius 3 is 2.12 bits per heavy atom. The predicted octanol–water partition coefficient (Wildman–Crippen LogP) is 4.71. The van der Waals surface area contributed by atoms with Crippen molar-refractivity contribution in [1.82, 2.24) is 0 Å². The van der Waals surface area contributed by atoms with Crippen LogP contribution in [0.15, 0.2) is 30.3 Å². The minimum absolute atomic E-state index is 0.0734. The molecule has 0 aliphatic heterocycles. The Labute approximate surface area is 160 Å². The van der Waals surface area contributed by atoms with Crippen LogP contribution < -0.4 is 0 Å². The summed E-state index contributed by atoms with van der Waals surface area (Å²) in [6.45, 7) is 2.12. The van der Waals surface area contributed by atoms with Gasteiger partial charge in [-0.3, -0.25) is 4.79 Å². The lowest BCUT2D eigenvalue weighted by molar-refractivity contribution is -0.144. The first-order valence-corrected chi connectivity index (χ1v) is 9.23. The van der Waals surface area contributed by atoms with Crippen molar-refractivity contribution in [3.63, 3.8) is 0 Å². The zero-order valence-electron chi connectivity index (χ0n) is 14.5. The Morgan fingerprint density at radius 2 is 1.64 bits per heavy atom. The van der Waals surface area contributed by atoms with Crippen LogP contribution in [0.25, 0.3) is 0 Å². The van der Waals surface area contributed by atoms with Gasteiger partial charge in [0, 0.05) is 24.6 Å². The molecule has 4 nitrogen and oxygen atoms in total. The molecule has 0 saturated carbocycles. The van der Waals surface area contributed by atoms with Gasteiger partial charge in [0.05, 0.1) is 25.2 Å². The van der Waals surface area contributed by atoms with Gasteiger partial charge >= 0.3 is 5.97 Å². The molecule has 1 rings (SSSR count). The van der Waals surface area contributed by atoms with E-state index in [1.165, 1.54) is 5.56 Å². The summed E-state index contributed by atoms with van der Waals surface area (Å²) in [6.07, 6.45) is 1.99. The molecule has 1 aromatic carbocycles. The van der Waals surface area contributed by atoms with Gasteiger partial charge in [-0.1, -0.05) is 30.3 Å². The second-order valence-corrected chi connectivity index (χ2v) is 6.08. The second kappa shape index (κ2) is 15.8. The number of nitrogens with zero attached hydrogens (tertiary/aromatic N) is 2. The van der Waals surface area contributed by atoms with Gasteiger partial charge in [0.15, 0.2) is 0 Å². The number of halogens is 2. The average molecular weight is 383 g/mol. The molecule has 0 amide bonds. The van der Waals surface area contributed by atoms with E-state index in [2.05, 4.69) is 18.2 Å². The lowest BCUT2D eigenvalue weighted by atomic mass is 9.99. The number of esters is 1. The summed E-state index contributed by atoms with van der Waals surface area (Å²) in [5.74, 6) is 0.817. The number of nitriles is 2. The zero-order valence-corrected chi connectivity index (χ0v) is 16.0. The molecule has 2 atom stereocenters. The van der Waals surface area contributed by atoms with Crippen LogP contribution in [-0.4, -0.2) is 24.3 Å². The maximum atomic E-state index is 10.9. The van der Waals surface area contributed by atoms with E-state index in [1.807, 2.05) is 24.3 Å². The molecule has 0 heterocycles. The lowest BCUT2D eigenvalue weighted by Crippen LogP contribution is -2.12. The van der Waals surface area contributed by atoms with E-state index >= 15 is 0 Å². The van der Waals surface area contributed by atoms with Crippen molar-refractivity contribution in [3.05, 3.63) is 35.9 Å². The topological polar surface area (TPSA) is 73.9 Å². The maximum absolute atomic E-state index is 10.9. The van der Waals surface area contributed by atoms with Crippen LogP contribution in [0.5, 0.6) is 0 Å². The molecule has 0 aliphatic rings.